The molecule has 27 heavy (non-hydrogen) atoms. The van der Waals surface area contributed by atoms with Gasteiger partial charge in [-0.05, 0) is 43.0 Å². The highest BCUT2D eigenvalue weighted by atomic mass is 35.5. The maximum atomic E-state index is 13.1. The zero-order valence-corrected chi connectivity index (χ0v) is 16.5. The van der Waals surface area contributed by atoms with Gasteiger partial charge in [0.2, 0.25) is 5.91 Å². The highest BCUT2D eigenvalue weighted by Gasteiger charge is 2.33. The Labute approximate surface area is 168 Å². The van der Waals surface area contributed by atoms with Gasteiger partial charge in [0.15, 0.2) is 5.78 Å². The van der Waals surface area contributed by atoms with Crippen molar-refractivity contribution < 1.29 is 14.3 Å². The van der Waals surface area contributed by atoms with E-state index in [0.717, 1.165) is 18.4 Å². The molecule has 0 N–H and O–H groups in total. The van der Waals surface area contributed by atoms with Gasteiger partial charge in [-0.25, -0.2) is 0 Å². The average molecular weight is 407 g/mol. The van der Waals surface area contributed by atoms with Crippen LogP contribution in [-0.4, -0.2) is 41.3 Å². The van der Waals surface area contributed by atoms with Gasteiger partial charge in [0, 0.05) is 18.9 Å². The largest absolute Gasteiger partial charge is 0.496 e. The highest BCUT2D eigenvalue weighted by molar-refractivity contribution is 6.42. The minimum Gasteiger partial charge on any atom is -0.496 e. The zero-order chi connectivity index (χ0) is 19.4. The van der Waals surface area contributed by atoms with Crippen molar-refractivity contribution in [3.8, 4) is 5.75 Å². The maximum absolute atomic E-state index is 13.1. The van der Waals surface area contributed by atoms with Gasteiger partial charge >= 0.3 is 0 Å². The molecule has 3 rings (SSSR count). The van der Waals surface area contributed by atoms with Crippen molar-refractivity contribution in [2.45, 2.75) is 31.7 Å². The Morgan fingerprint density at radius 3 is 2.78 bits per heavy atom. The zero-order valence-electron chi connectivity index (χ0n) is 15.0. The molecule has 5 nitrogen and oxygen atoms in total. The number of pyridine rings is 1. The minimum absolute atomic E-state index is 0.103. The van der Waals surface area contributed by atoms with Crippen LogP contribution in [0.25, 0.3) is 0 Å². The number of piperidine rings is 1. The van der Waals surface area contributed by atoms with E-state index in [-0.39, 0.29) is 18.1 Å². The molecule has 1 aromatic carbocycles. The predicted octanol–water partition coefficient (Wildman–Crippen LogP) is 4.20. The molecule has 0 saturated carbocycles. The van der Waals surface area contributed by atoms with Crippen LogP contribution in [0.3, 0.4) is 0 Å². The van der Waals surface area contributed by atoms with Crippen molar-refractivity contribution in [2.75, 3.05) is 13.7 Å². The van der Waals surface area contributed by atoms with Crippen molar-refractivity contribution in [1.82, 2.24) is 9.88 Å². The number of benzene rings is 1. The summed E-state index contributed by atoms with van der Waals surface area (Å²) >= 11 is 12.0. The molecule has 2 aromatic rings. The van der Waals surface area contributed by atoms with Crippen LogP contribution in [0.2, 0.25) is 10.0 Å². The van der Waals surface area contributed by atoms with Crippen molar-refractivity contribution in [3.05, 3.63) is 57.8 Å². The van der Waals surface area contributed by atoms with Gasteiger partial charge in [0.25, 0.3) is 0 Å². The first kappa shape index (κ1) is 19.6. The number of Topliss-reactive ketones (excluding diaryl/α,β-unsaturated/α-hetero) is 1. The molecule has 1 atom stereocenters. The Bertz CT molecular complexity index is 857. The van der Waals surface area contributed by atoms with Gasteiger partial charge in [0.05, 0.1) is 35.2 Å². The monoisotopic (exact) mass is 406 g/mol. The van der Waals surface area contributed by atoms with Crippen LogP contribution in [0, 0.1) is 0 Å². The molecule has 1 saturated heterocycles. The van der Waals surface area contributed by atoms with Crippen molar-refractivity contribution in [2.24, 2.45) is 0 Å². The summed E-state index contributed by atoms with van der Waals surface area (Å²) in [5.41, 5.74) is 1.17. The Morgan fingerprint density at radius 1 is 1.22 bits per heavy atom. The summed E-state index contributed by atoms with van der Waals surface area (Å²) in [4.78, 5) is 31.7. The number of halogens is 2. The molecule has 0 unspecified atom stereocenters. The number of carbonyl (C=O) groups excluding carboxylic acids is 2. The fourth-order valence-corrected chi connectivity index (χ4v) is 3.67. The van der Waals surface area contributed by atoms with Gasteiger partial charge < -0.3 is 9.64 Å². The van der Waals surface area contributed by atoms with Gasteiger partial charge in [-0.3, -0.25) is 14.6 Å². The number of carbonyl (C=O) groups is 2. The van der Waals surface area contributed by atoms with Crippen LogP contribution in [0.1, 0.15) is 35.2 Å². The number of aromatic nitrogens is 1. The number of rotatable bonds is 5. The van der Waals surface area contributed by atoms with Crippen LogP contribution < -0.4 is 4.74 Å². The number of nitrogens with zero attached hydrogens (tertiary/aromatic N) is 2. The van der Waals surface area contributed by atoms with E-state index in [0.29, 0.717) is 34.3 Å². The third-order valence-electron chi connectivity index (χ3n) is 4.73. The number of methoxy groups -OCH3 is 1. The molecule has 1 amide bonds. The van der Waals surface area contributed by atoms with Gasteiger partial charge in [-0.15, -0.1) is 0 Å². The molecule has 1 aromatic heterocycles. The second-order valence-corrected chi connectivity index (χ2v) is 7.28. The number of hydrogen-bond acceptors (Lipinski definition) is 4. The van der Waals surface area contributed by atoms with E-state index in [1.807, 2.05) is 0 Å². The molecule has 1 fully saturated rings. The molecule has 1 aliphatic rings. The van der Waals surface area contributed by atoms with Crippen LogP contribution in [0.4, 0.5) is 0 Å². The van der Waals surface area contributed by atoms with Crippen LogP contribution in [-0.2, 0) is 11.2 Å². The number of hydrogen-bond donors (Lipinski definition) is 0. The summed E-state index contributed by atoms with van der Waals surface area (Å²) < 4.78 is 5.28. The van der Waals surface area contributed by atoms with E-state index >= 15 is 0 Å². The summed E-state index contributed by atoms with van der Waals surface area (Å²) in [5, 5.41) is 0.857. The first-order valence-corrected chi connectivity index (χ1v) is 9.52. The standard InChI is InChI=1S/C20H20Cl2N2O3/c1-27-18-7-8-23-12-14(18)20(26)17-4-2-3-9-24(17)19(25)11-13-5-6-15(21)16(22)10-13/h5-8,10,12,17H,2-4,9,11H2,1H3/t17-/m1/s1. The lowest BCUT2D eigenvalue weighted by atomic mass is 9.94. The van der Waals surface area contributed by atoms with E-state index in [1.54, 1.807) is 35.4 Å². The van der Waals surface area contributed by atoms with E-state index < -0.39 is 6.04 Å². The second kappa shape index (κ2) is 8.72. The Balaban J connectivity index is 1.81. The molecule has 1 aliphatic heterocycles. The van der Waals surface area contributed by atoms with Crippen LogP contribution >= 0.6 is 23.2 Å². The van der Waals surface area contributed by atoms with E-state index in [2.05, 4.69) is 4.98 Å². The molecule has 7 heteroatoms. The maximum Gasteiger partial charge on any atom is 0.227 e. The molecule has 2 heterocycles. The van der Waals surface area contributed by atoms with E-state index in [1.165, 1.54) is 13.3 Å². The second-order valence-electron chi connectivity index (χ2n) is 6.46. The number of likely N-dealkylation sites (tertiary alicyclic amines) is 1. The average Bonchev–Trinajstić information content (AvgIpc) is 2.70. The fraction of sp³-hybridized carbons (Fsp3) is 0.350. The fourth-order valence-electron chi connectivity index (χ4n) is 3.35. The third kappa shape index (κ3) is 4.42. The van der Waals surface area contributed by atoms with Crippen molar-refractivity contribution in [3.63, 3.8) is 0 Å². The lowest BCUT2D eigenvalue weighted by Crippen LogP contribution is -2.48. The normalized spacial score (nSPS) is 16.9. The SMILES string of the molecule is COc1ccncc1C(=O)[C@H]1CCCCN1C(=O)Cc1ccc(Cl)c(Cl)c1. The summed E-state index contributed by atoms with van der Waals surface area (Å²) in [5.74, 6) is 0.230. The molecular formula is C20H20Cl2N2O3. The summed E-state index contributed by atoms with van der Waals surface area (Å²) in [6.45, 7) is 0.555. The van der Waals surface area contributed by atoms with Crippen LogP contribution in [0.5, 0.6) is 5.75 Å². The number of ketones is 1. The predicted molar refractivity (Wildman–Crippen MR) is 105 cm³/mol. The lowest BCUT2D eigenvalue weighted by Gasteiger charge is -2.35. The number of ether oxygens (including phenoxy) is 1. The Morgan fingerprint density at radius 2 is 2.04 bits per heavy atom. The Hall–Kier alpha value is -2.11. The molecule has 0 bridgehead atoms. The molecule has 0 radical (unpaired) electrons. The van der Waals surface area contributed by atoms with Crippen LogP contribution in [0.15, 0.2) is 36.7 Å². The molecule has 0 spiro atoms. The summed E-state index contributed by atoms with van der Waals surface area (Å²) in [6, 6.07) is 6.28. The number of amides is 1. The third-order valence-corrected chi connectivity index (χ3v) is 5.47. The lowest BCUT2D eigenvalue weighted by molar-refractivity contribution is -0.133. The quantitative estimate of drug-likeness (QED) is 0.697. The molecular weight excluding hydrogens is 387 g/mol. The van der Waals surface area contributed by atoms with E-state index in [4.69, 9.17) is 27.9 Å². The van der Waals surface area contributed by atoms with E-state index in [9.17, 15) is 9.59 Å². The minimum atomic E-state index is -0.507. The highest BCUT2D eigenvalue weighted by Crippen LogP contribution is 2.27. The van der Waals surface area contributed by atoms with Gasteiger partial charge in [0.1, 0.15) is 5.75 Å². The Kier molecular flexibility index (Phi) is 6.34. The topological polar surface area (TPSA) is 59.5 Å². The van der Waals surface area contributed by atoms with Gasteiger partial charge in [-0.2, -0.15) is 0 Å². The molecule has 142 valence electrons. The first-order chi connectivity index (χ1) is 13.0. The van der Waals surface area contributed by atoms with Gasteiger partial charge in [-0.1, -0.05) is 29.3 Å². The molecule has 0 aliphatic carbocycles. The summed E-state index contributed by atoms with van der Waals surface area (Å²) in [7, 11) is 1.51. The summed E-state index contributed by atoms with van der Waals surface area (Å²) in [6.07, 6.45) is 5.65. The first-order valence-electron chi connectivity index (χ1n) is 8.77. The van der Waals surface area contributed by atoms with Crippen molar-refractivity contribution in [1.29, 1.82) is 0 Å². The van der Waals surface area contributed by atoms with Crippen molar-refractivity contribution >= 4 is 34.9 Å². The smallest absolute Gasteiger partial charge is 0.227 e.